The van der Waals surface area contributed by atoms with Crippen molar-refractivity contribution in [3.05, 3.63) is 58.1 Å². The zero-order valence-corrected chi connectivity index (χ0v) is 27.3. The van der Waals surface area contributed by atoms with Gasteiger partial charge in [-0.15, -0.1) is 5.11 Å². The molecule has 10 heteroatoms. The predicted octanol–water partition coefficient (Wildman–Crippen LogP) is 10.3. The summed E-state index contributed by atoms with van der Waals surface area (Å²) in [5, 5.41) is 28.8. The summed E-state index contributed by atoms with van der Waals surface area (Å²) in [7, 11) is 0. The van der Waals surface area contributed by atoms with E-state index >= 15 is 0 Å². The number of carboxylic acid groups (broad SMARTS) is 1. The zero-order chi connectivity index (χ0) is 32.7. The van der Waals surface area contributed by atoms with E-state index in [0.29, 0.717) is 18.8 Å². The van der Waals surface area contributed by atoms with Crippen molar-refractivity contribution in [3.63, 3.8) is 0 Å². The molecular formula is C35H52N4O6. The minimum Gasteiger partial charge on any atom is -0.481 e. The van der Waals surface area contributed by atoms with Crippen LogP contribution in [0.1, 0.15) is 127 Å². The molecule has 0 unspecified atom stereocenters. The third-order valence-corrected chi connectivity index (χ3v) is 7.85. The van der Waals surface area contributed by atoms with Crippen LogP contribution in [-0.4, -0.2) is 41.7 Å². The topological polar surface area (TPSA) is 135 Å². The summed E-state index contributed by atoms with van der Waals surface area (Å²) in [6.45, 7) is 5.51. The number of anilines is 1. The summed E-state index contributed by atoms with van der Waals surface area (Å²) in [6, 6.07) is 11.0. The van der Waals surface area contributed by atoms with Gasteiger partial charge in [0, 0.05) is 24.8 Å². The second kappa shape index (κ2) is 22.7. The highest BCUT2D eigenvalue weighted by Gasteiger charge is 2.18. The maximum absolute atomic E-state index is 12.5. The number of nitro benzene ring substituents is 1. The molecule has 0 saturated carbocycles. The molecule has 2 aromatic carbocycles. The minimum absolute atomic E-state index is 0.0275. The van der Waals surface area contributed by atoms with Gasteiger partial charge < -0.3 is 14.7 Å². The Morgan fingerprint density at radius 2 is 1.36 bits per heavy atom. The number of hydrogen-bond acceptors (Lipinski definition) is 8. The third-order valence-electron chi connectivity index (χ3n) is 7.85. The van der Waals surface area contributed by atoms with Crippen molar-refractivity contribution in [1.82, 2.24) is 0 Å². The van der Waals surface area contributed by atoms with Crippen molar-refractivity contribution in [1.29, 1.82) is 0 Å². The van der Waals surface area contributed by atoms with E-state index in [1.807, 2.05) is 11.8 Å². The number of rotatable bonds is 25. The van der Waals surface area contributed by atoms with Crippen LogP contribution in [0.4, 0.5) is 22.7 Å². The quantitative estimate of drug-likeness (QED) is 0.0382. The van der Waals surface area contributed by atoms with E-state index in [1.165, 1.54) is 95.2 Å². The van der Waals surface area contributed by atoms with E-state index < -0.39 is 16.9 Å². The Morgan fingerprint density at radius 1 is 0.800 bits per heavy atom. The summed E-state index contributed by atoms with van der Waals surface area (Å²) in [5.74, 6) is -1.45. The molecule has 0 aliphatic heterocycles. The maximum Gasteiger partial charge on any atom is 0.338 e. The van der Waals surface area contributed by atoms with Gasteiger partial charge in [-0.3, -0.25) is 14.9 Å². The highest BCUT2D eigenvalue weighted by molar-refractivity contribution is 5.91. The van der Waals surface area contributed by atoms with Gasteiger partial charge >= 0.3 is 11.9 Å². The largest absolute Gasteiger partial charge is 0.481 e. The summed E-state index contributed by atoms with van der Waals surface area (Å²) < 4.78 is 5.36. The number of carboxylic acids is 1. The Bertz CT molecular complexity index is 1190. The van der Waals surface area contributed by atoms with E-state index in [0.717, 1.165) is 24.9 Å². The number of ether oxygens (including phenoxy) is 1. The summed E-state index contributed by atoms with van der Waals surface area (Å²) in [4.78, 5) is 36.4. The number of aliphatic carboxylic acids is 1. The number of carbonyl (C=O) groups is 2. The standard InChI is InChI=1S/C35H52N4O6/c1-3-5-6-7-8-9-10-11-12-13-14-15-16-17-18-27-45-35(42)29-19-24-32(33(28-29)39(43)44)37-36-30-20-22-31(23-21-30)38(4-2)26-25-34(40)41/h19-24,28H,3-18,25-27H2,1-2H3,(H,40,41)/b37-36+. The predicted molar refractivity (Wildman–Crippen MR) is 179 cm³/mol. The van der Waals surface area contributed by atoms with E-state index in [2.05, 4.69) is 17.2 Å². The second-order valence-electron chi connectivity index (χ2n) is 11.5. The molecule has 0 amide bonds. The minimum atomic E-state index is -0.861. The molecule has 0 fully saturated rings. The lowest BCUT2D eigenvalue weighted by molar-refractivity contribution is -0.384. The maximum atomic E-state index is 12.5. The molecule has 0 aliphatic rings. The number of nitrogens with zero attached hydrogens (tertiary/aromatic N) is 4. The lowest BCUT2D eigenvalue weighted by Gasteiger charge is -2.22. The molecule has 248 valence electrons. The average Bonchev–Trinajstić information content (AvgIpc) is 3.04. The summed E-state index contributed by atoms with van der Waals surface area (Å²) >= 11 is 0. The Morgan fingerprint density at radius 3 is 1.87 bits per heavy atom. The van der Waals surface area contributed by atoms with E-state index in [-0.39, 0.29) is 30.0 Å². The van der Waals surface area contributed by atoms with Gasteiger partial charge in [0.1, 0.15) is 0 Å². The Balaban J connectivity index is 1.70. The van der Waals surface area contributed by atoms with Crippen LogP contribution in [0.25, 0.3) is 0 Å². The van der Waals surface area contributed by atoms with Crippen LogP contribution >= 0.6 is 0 Å². The Kier molecular flexibility index (Phi) is 18.8. The fraction of sp³-hybridized carbons (Fsp3) is 0.600. The first-order chi connectivity index (χ1) is 21.8. The molecule has 0 spiro atoms. The number of hydrogen-bond donors (Lipinski definition) is 1. The van der Waals surface area contributed by atoms with Gasteiger partial charge in [-0.1, -0.05) is 96.8 Å². The first-order valence-electron chi connectivity index (χ1n) is 16.8. The van der Waals surface area contributed by atoms with E-state index in [1.54, 1.807) is 24.3 Å². The van der Waals surface area contributed by atoms with Crippen LogP contribution in [-0.2, 0) is 9.53 Å². The number of azo groups is 1. The van der Waals surface area contributed by atoms with Crippen LogP contribution in [0.15, 0.2) is 52.7 Å². The van der Waals surface area contributed by atoms with Crippen molar-refractivity contribution in [3.8, 4) is 0 Å². The molecule has 1 N–H and O–H groups in total. The lowest BCUT2D eigenvalue weighted by Crippen LogP contribution is -2.25. The molecule has 0 bridgehead atoms. The molecule has 10 nitrogen and oxygen atoms in total. The first kappa shape index (κ1) is 37.4. The smallest absolute Gasteiger partial charge is 0.338 e. The highest BCUT2D eigenvalue weighted by atomic mass is 16.6. The second-order valence-corrected chi connectivity index (χ2v) is 11.5. The van der Waals surface area contributed by atoms with Crippen LogP contribution < -0.4 is 4.90 Å². The SMILES string of the molecule is CCCCCCCCCCCCCCCCCOC(=O)c1ccc(/N=N/c2ccc(N(CC)CCC(=O)O)cc2)c([N+](=O)[O-])c1. The third kappa shape index (κ3) is 15.6. The Hall–Kier alpha value is -3.82. The van der Waals surface area contributed by atoms with Crippen molar-refractivity contribution < 1.29 is 24.4 Å². The number of carbonyl (C=O) groups excluding carboxylic acids is 1. The Labute approximate surface area is 268 Å². The molecule has 2 rings (SSSR count). The van der Waals surface area contributed by atoms with E-state index in [4.69, 9.17) is 9.84 Å². The van der Waals surface area contributed by atoms with Gasteiger partial charge in [-0.05, 0) is 49.7 Å². The summed E-state index contributed by atoms with van der Waals surface area (Å²) in [6.07, 6.45) is 18.9. The molecule has 0 atom stereocenters. The number of nitro groups is 1. The van der Waals surface area contributed by atoms with Gasteiger partial charge in [0.2, 0.25) is 0 Å². The van der Waals surface area contributed by atoms with E-state index in [9.17, 15) is 19.7 Å². The molecule has 0 aliphatic carbocycles. The zero-order valence-electron chi connectivity index (χ0n) is 27.3. The van der Waals surface area contributed by atoms with Crippen molar-refractivity contribution in [2.24, 2.45) is 10.2 Å². The lowest BCUT2D eigenvalue weighted by atomic mass is 10.0. The molecular weight excluding hydrogens is 572 g/mol. The van der Waals surface area contributed by atoms with Gasteiger partial charge in [0.15, 0.2) is 5.69 Å². The average molecular weight is 625 g/mol. The molecule has 0 heterocycles. The highest BCUT2D eigenvalue weighted by Crippen LogP contribution is 2.31. The number of esters is 1. The summed E-state index contributed by atoms with van der Waals surface area (Å²) in [5.41, 5.74) is 1.12. The molecule has 2 aromatic rings. The van der Waals surface area contributed by atoms with Crippen LogP contribution in [0.3, 0.4) is 0 Å². The van der Waals surface area contributed by atoms with Gasteiger partial charge in [-0.2, -0.15) is 5.11 Å². The van der Waals surface area contributed by atoms with Crippen molar-refractivity contribution in [2.45, 2.75) is 117 Å². The fourth-order valence-electron chi connectivity index (χ4n) is 5.14. The normalized spacial score (nSPS) is 11.2. The van der Waals surface area contributed by atoms with Crippen molar-refractivity contribution >= 4 is 34.7 Å². The van der Waals surface area contributed by atoms with Crippen LogP contribution in [0, 0.1) is 10.1 Å². The molecule has 0 aromatic heterocycles. The molecule has 0 saturated heterocycles. The number of unbranched alkanes of at least 4 members (excludes halogenated alkanes) is 14. The monoisotopic (exact) mass is 624 g/mol. The first-order valence-corrected chi connectivity index (χ1v) is 16.8. The van der Waals surface area contributed by atoms with Gasteiger partial charge in [-0.25, -0.2) is 4.79 Å². The van der Waals surface area contributed by atoms with Crippen molar-refractivity contribution in [2.75, 3.05) is 24.6 Å². The van der Waals surface area contributed by atoms with Crippen LogP contribution in [0.2, 0.25) is 0 Å². The van der Waals surface area contributed by atoms with Gasteiger partial charge in [0.25, 0.3) is 5.69 Å². The molecule has 0 radical (unpaired) electrons. The van der Waals surface area contributed by atoms with Crippen LogP contribution in [0.5, 0.6) is 0 Å². The fourth-order valence-corrected chi connectivity index (χ4v) is 5.14. The van der Waals surface area contributed by atoms with Gasteiger partial charge in [0.05, 0.1) is 29.2 Å². The number of benzene rings is 2. The molecule has 45 heavy (non-hydrogen) atoms.